The molecule has 1 aliphatic rings. The third-order valence-corrected chi connectivity index (χ3v) is 3.76. The van der Waals surface area contributed by atoms with Gasteiger partial charge in [-0.05, 0) is 45.7 Å². The predicted molar refractivity (Wildman–Crippen MR) is 80.7 cm³/mol. The monoisotopic (exact) mass is 275 g/mol. The summed E-state index contributed by atoms with van der Waals surface area (Å²) in [6.45, 7) is 7.62. The Morgan fingerprint density at radius 3 is 2.55 bits per heavy atom. The van der Waals surface area contributed by atoms with Gasteiger partial charge < -0.3 is 10.1 Å². The van der Waals surface area contributed by atoms with Crippen molar-refractivity contribution in [2.75, 3.05) is 13.1 Å². The Labute approximate surface area is 121 Å². The van der Waals surface area contributed by atoms with Gasteiger partial charge in [0.1, 0.15) is 5.60 Å². The molecule has 1 aromatic rings. The van der Waals surface area contributed by atoms with E-state index < -0.39 is 5.60 Å². The molecule has 0 saturated carbocycles. The van der Waals surface area contributed by atoms with E-state index in [0.29, 0.717) is 6.42 Å². The Morgan fingerprint density at radius 1 is 1.30 bits per heavy atom. The van der Waals surface area contributed by atoms with Gasteiger partial charge in [-0.2, -0.15) is 0 Å². The normalized spacial score (nSPS) is 23.4. The zero-order valence-corrected chi connectivity index (χ0v) is 12.7. The molecule has 1 fully saturated rings. The average molecular weight is 275 g/mol. The maximum Gasteiger partial charge on any atom is 0.307 e. The lowest BCUT2D eigenvalue weighted by molar-refractivity contribution is -0.156. The summed E-state index contributed by atoms with van der Waals surface area (Å²) in [6.07, 6.45) is 2.57. The van der Waals surface area contributed by atoms with Crippen LogP contribution >= 0.6 is 0 Å². The molecule has 0 bridgehead atoms. The number of carbonyl (C=O) groups is 1. The fourth-order valence-electron chi connectivity index (χ4n) is 2.91. The zero-order chi connectivity index (χ0) is 14.6. The summed E-state index contributed by atoms with van der Waals surface area (Å²) in [5, 5.41) is 3.43. The quantitative estimate of drug-likeness (QED) is 0.862. The van der Waals surface area contributed by atoms with Crippen molar-refractivity contribution in [1.29, 1.82) is 0 Å². The summed E-state index contributed by atoms with van der Waals surface area (Å²) in [5.41, 5.74) is 0.692. The number of benzene rings is 1. The van der Waals surface area contributed by atoms with E-state index in [4.69, 9.17) is 4.74 Å². The van der Waals surface area contributed by atoms with Gasteiger partial charge in [0.25, 0.3) is 0 Å². The highest BCUT2D eigenvalue weighted by molar-refractivity contribution is 5.72. The van der Waals surface area contributed by atoms with Crippen molar-refractivity contribution in [3.8, 4) is 0 Å². The Bertz CT molecular complexity index is 442. The highest BCUT2D eigenvalue weighted by Gasteiger charge is 2.37. The molecule has 0 aromatic heterocycles. The third-order valence-electron chi connectivity index (χ3n) is 3.76. The van der Waals surface area contributed by atoms with Crippen LogP contribution in [0.1, 0.15) is 45.6 Å². The van der Waals surface area contributed by atoms with E-state index in [0.717, 1.165) is 25.9 Å². The van der Waals surface area contributed by atoms with E-state index >= 15 is 0 Å². The lowest BCUT2D eigenvalue weighted by Gasteiger charge is -2.38. The van der Waals surface area contributed by atoms with Gasteiger partial charge in [0.15, 0.2) is 0 Å². The first kappa shape index (κ1) is 15.0. The van der Waals surface area contributed by atoms with Crippen molar-refractivity contribution in [2.24, 2.45) is 0 Å². The Balaban J connectivity index is 2.18. The molecule has 1 unspecified atom stereocenters. The van der Waals surface area contributed by atoms with Crippen molar-refractivity contribution >= 4 is 5.97 Å². The molecule has 3 nitrogen and oxygen atoms in total. The Morgan fingerprint density at radius 2 is 2.00 bits per heavy atom. The smallest absolute Gasteiger partial charge is 0.307 e. The van der Waals surface area contributed by atoms with Gasteiger partial charge in [-0.1, -0.05) is 30.3 Å². The minimum absolute atomic E-state index is 0.106. The van der Waals surface area contributed by atoms with Crippen molar-refractivity contribution in [3.63, 3.8) is 0 Å². The van der Waals surface area contributed by atoms with Gasteiger partial charge in [-0.3, -0.25) is 4.79 Å². The summed E-state index contributed by atoms with van der Waals surface area (Å²) in [5.74, 6) is -0.106. The molecule has 1 N–H and O–H groups in total. The van der Waals surface area contributed by atoms with E-state index in [2.05, 4.69) is 17.4 Å². The van der Waals surface area contributed by atoms with E-state index in [1.165, 1.54) is 5.56 Å². The molecule has 0 spiro atoms. The summed E-state index contributed by atoms with van der Waals surface area (Å²) < 4.78 is 5.52. The van der Waals surface area contributed by atoms with E-state index in [1.54, 1.807) is 0 Å². The first-order valence-corrected chi connectivity index (χ1v) is 7.39. The first-order valence-electron chi connectivity index (χ1n) is 7.39. The van der Waals surface area contributed by atoms with Gasteiger partial charge >= 0.3 is 5.97 Å². The molecule has 1 aliphatic heterocycles. The van der Waals surface area contributed by atoms with Crippen LogP contribution in [0, 0.1) is 0 Å². The average Bonchev–Trinajstić information content (AvgIpc) is 2.38. The van der Waals surface area contributed by atoms with Crippen LogP contribution in [-0.2, 0) is 14.9 Å². The largest absolute Gasteiger partial charge is 0.460 e. The van der Waals surface area contributed by atoms with E-state index in [9.17, 15) is 4.79 Å². The number of rotatable bonds is 3. The molecule has 3 heteroatoms. The molecule has 1 heterocycles. The summed E-state index contributed by atoms with van der Waals surface area (Å²) >= 11 is 0. The zero-order valence-electron chi connectivity index (χ0n) is 12.7. The number of esters is 1. The van der Waals surface area contributed by atoms with Crippen molar-refractivity contribution in [3.05, 3.63) is 35.9 Å². The number of piperidine rings is 1. The minimum atomic E-state index is -0.420. The number of nitrogens with one attached hydrogen (secondary N) is 1. The molecule has 1 saturated heterocycles. The number of hydrogen-bond donors (Lipinski definition) is 1. The highest BCUT2D eigenvalue weighted by Crippen LogP contribution is 2.35. The van der Waals surface area contributed by atoms with Crippen LogP contribution in [-0.4, -0.2) is 24.7 Å². The number of carbonyl (C=O) groups excluding carboxylic acids is 1. The molecule has 0 radical (unpaired) electrons. The first-order chi connectivity index (χ1) is 9.41. The molecule has 1 atom stereocenters. The molecule has 0 amide bonds. The van der Waals surface area contributed by atoms with Gasteiger partial charge in [0.05, 0.1) is 6.42 Å². The summed E-state index contributed by atoms with van der Waals surface area (Å²) in [4.78, 5) is 12.3. The lowest BCUT2D eigenvalue weighted by atomic mass is 9.72. The van der Waals surface area contributed by atoms with Crippen LogP contribution < -0.4 is 5.32 Å². The van der Waals surface area contributed by atoms with Crippen LogP contribution in [0.25, 0.3) is 0 Å². The Hall–Kier alpha value is -1.35. The van der Waals surface area contributed by atoms with Crippen LogP contribution in [0.5, 0.6) is 0 Å². The maximum atomic E-state index is 12.3. The summed E-state index contributed by atoms with van der Waals surface area (Å²) in [6, 6.07) is 10.3. The fraction of sp³-hybridized carbons (Fsp3) is 0.588. The minimum Gasteiger partial charge on any atom is -0.460 e. The predicted octanol–water partition coefficient (Wildman–Crippen LogP) is 3.04. The topological polar surface area (TPSA) is 38.3 Å². The molecule has 0 aliphatic carbocycles. The second-order valence-corrected chi connectivity index (χ2v) is 6.69. The van der Waals surface area contributed by atoms with E-state index in [1.807, 2.05) is 39.0 Å². The second-order valence-electron chi connectivity index (χ2n) is 6.69. The molecule has 2 rings (SSSR count). The fourth-order valence-corrected chi connectivity index (χ4v) is 2.91. The van der Waals surface area contributed by atoms with Crippen molar-refractivity contribution < 1.29 is 9.53 Å². The van der Waals surface area contributed by atoms with Gasteiger partial charge in [0.2, 0.25) is 0 Å². The SMILES string of the molecule is CC(C)(C)OC(=O)CC1(c2ccccc2)CCCNC1. The third kappa shape index (κ3) is 3.83. The molecule has 1 aromatic carbocycles. The molecule has 110 valence electrons. The van der Waals surface area contributed by atoms with E-state index in [-0.39, 0.29) is 11.4 Å². The summed E-state index contributed by atoms with van der Waals surface area (Å²) in [7, 11) is 0. The lowest BCUT2D eigenvalue weighted by Crippen LogP contribution is -2.45. The Kier molecular flexibility index (Phi) is 4.48. The van der Waals surface area contributed by atoms with Crippen molar-refractivity contribution in [1.82, 2.24) is 5.32 Å². The standard InChI is InChI=1S/C17H25NO2/c1-16(2,3)20-15(19)12-17(10-7-11-18-13-17)14-8-5-4-6-9-14/h4-6,8-9,18H,7,10-13H2,1-3H3. The molecular weight excluding hydrogens is 250 g/mol. The van der Waals surface area contributed by atoms with Gasteiger partial charge in [0, 0.05) is 12.0 Å². The maximum absolute atomic E-state index is 12.3. The van der Waals surface area contributed by atoms with Gasteiger partial charge in [-0.25, -0.2) is 0 Å². The van der Waals surface area contributed by atoms with Crippen LogP contribution in [0.2, 0.25) is 0 Å². The molecule has 20 heavy (non-hydrogen) atoms. The number of ether oxygens (including phenoxy) is 1. The second kappa shape index (κ2) is 5.96. The van der Waals surface area contributed by atoms with Crippen LogP contribution in [0.3, 0.4) is 0 Å². The van der Waals surface area contributed by atoms with Gasteiger partial charge in [-0.15, -0.1) is 0 Å². The van der Waals surface area contributed by atoms with Crippen LogP contribution in [0.4, 0.5) is 0 Å². The number of hydrogen-bond acceptors (Lipinski definition) is 3. The molecular formula is C17H25NO2. The van der Waals surface area contributed by atoms with Crippen LogP contribution in [0.15, 0.2) is 30.3 Å². The highest BCUT2D eigenvalue weighted by atomic mass is 16.6. The van der Waals surface area contributed by atoms with Crippen molar-refractivity contribution in [2.45, 2.75) is 51.0 Å².